The number of hydrogen-bond acceptors (Lipinski definition) is 6. The highest BCUT2D eigenvalue weighted by Gasteiger charge is 2.08. The van der Waals surface area contributed by atoms with Gasteiger partial charge >= 0.3 is 0 Å². The molecule has 0 aliphatic carbocycles. The summed E-state index contributed by atoms with van der Waals surface area (Å²) < 4.78 is 15.8. The number of nitrogens with zero attached hydrogens (tertiary/aromatic N) is 3. The quantitative estimate of drug-likeness (QED) is 0.193. The van der Waals surface area contributed by atoms with Crippen LogP contribution >= 0.6 is 24.0 Å². The zero-order valence-corrected chi connectivity index (χ0v) is 19.8. The van der Waals surface area contributed by atoms with Crippen LogP contribution in [-0.4, -0.2) is 56.6 Å². The van der Waals surface area contributed by atoms with Crippen molar-refractivity contribution in [2.24, 2.45) is 4.99 Å². The van der Waals surface area contributed by atoms with Gasteiger partial charge in [-0.05, 0) is 44.0 Å². The maximum atomic E-state index is 5.35. The van der Waals surface area contributed by atoms with Crippen molar-refractivity contribution in [1.82, 2.24) is 20.8 Å². The summed E-state index contributed by atoms with van der Waals surface area (Å²) in [6.45, 7) is 5.02. The lowest BCUT2D eigenvalue weighted by atomic mass is 10.2. The van der Waals surface area contributed by atoms with E-state index in [2.05, 4.69) is 25.8 Å². The second kappa shape index (κ2) is 15.0. The Morgan fingerprint density at radius 1 is 1.10 bits per heavy atom. The maximum Gasteiger partial charge on any atom is 0.226 e. The van der Waals surface area contributed by atoms with E-state index in [4.69, 9.17) is 14.0 Å². The number of guanidine groups is 1. The molecule has 0 spiro atoms. The summed E-state index contributed by atoms with van der Waals surface area (Å²) in [6, 6.07) is 7.62. The predicted octanol–water partition coefficient (Wildman–Crippen LogP) is 3.28. The van der Waals surface area contributed by atoms with Crippen LogP contribution < -0.4 is 15.4 Å². The number of hydrogen-bond donors (Lipinski definition) is 2. The number of aliphatic imine (C=N–C) groups is 1. The molecule has 1 aromatic carbocycles. The van der Waals surface area contributed by atoms with E-state index in [9.17, 15) is 0 Å². The molecule has 0 unspecified atom stereocenters. The van der Waals surface area contributed by atoms with Crippen LogP contribution in [0.2, 0.25) is 0 Å². The lowest BCUT2D eigenvalue weighted by Crippen LogP contribution is -2.39. The number of rotatable bonds is 12. The van der Waals surface area contributed by atoms with Gasteiger partial charge in [0.15, 0.2) is 5.96 Å². The van der Waals surface area contributed by atoms with Crippen molar-refractivity contribution in [1.29, 1.82) is 0 Å². The van der Waals surface area contributed by atoms with Crippen LogP contribution in [0, 0.1) is 0 Å². The fourth-order valence-corrected chi connectivity index (χ4v) is 2.61. The fourth-order valence-electron chi connectivity index (χ4n) is 2.61. The smallest absolute Gasteiger partial charge is 0.226 e. The van der Waals surface area contributed by atoms with Gasteiger partial charge < -0.3 is 24.6 Å². The molecule has 1 heterocycles. The molecule has 0 saturated carbocycles. The summed E-state index contributed by atoms with van der Waals surface area (Å²) >= 11 is 0. The largest absolute Gasteiger partial charge is 0.497 e. The number of ether oxygens (including phenoxy) is 2. The standard InChI is InChI=1S/C20H31N5O3.HI/c1-4-27-15-14-23-20(21-2)22-13-7-5-6-8-18-24-19(25-28-18)16-9-11-17(26-3)12-10-16;/h9-12H,4-8,13-15H2,1-3H3,(H2,21,22,23);1H. The SMILES string of the molecule is CCOCCNC(=NC)NCCCCCc1nc(-c2ccc(OC)cc2)no1.I. The molecule has 0 saturated heterocycles. The summed E-state index contributed by atoms with van der Waals surface area (Å²) in [6.07, 6.45) is 3.90. The monoisotopic (exact) mass is 517 g/mol. The average molecular weight is 517 g/mol. The van der Waals surface area contributed by atoms with Gasteiger partial charge in [-0.3, -0.25) is 4.99 Å². The number of benzene rings is 1. The first-order valence-electron chi connectivity index (χ1n) is 9.76. The summed E-state index contributed by atoms with van der Waals surface area (Å²) in [7, 11) is 3.41. The van der Waals surface area contributed by atoms with E-state index in [1.165, 1.54) is 0 Å². The van der Waals surface area contributed by atoms with Gasteiger partial charge in [0.2, 0.25) is 11.7 Å². The van der Waals surface area contributed by atoms with Crippen molar-refractivity contribution >= 4 is 29.9 Å². The van der Waals surface area contributed by atoms with Crippen LogP contribution in [0.15, 0.2) is 33.8 Å². The number of unbranched alkanes of at least 4 members (excludes halogenated alkanes) is 2. The molecule has 1 aromatic heterocycles. The summed E-state index contributed by atoms with van der Waals surface area (Å²) in [5.41, 5.74) is 0.920. The fraction of sp³-hybridized carbons (Fsp3) is 0.550. The van der Waals surface area contributed by atoms with Crippen LogP contribution in [0.4, 0.5) is 0 Å². The molecule has 0 fully saturated rings. The first kappa shape index (κ1) is 25.2. The van der Waals surface area contributed by atoms with E-state index < -0.39 is 0 Å². The van der Waals surface area contributed by atoms with Crippen molar-refractivity contribution in [3.05, 3.63) is 30.2 Å². The molecule has 9 heteroatoms. The van der Waals surface area contributed by atoms with E-state index in [0.717, 1.165) is 62.7 Å². The van der Waals surface area contributed by atoms with Crippen molar-refractivity contribution in [3.8, 4) is 17.1 Å². The first-order valence-corrected chi connectivity index (χ1v) is 9.76. The lowest BCUT2D eigenvalue weighted by molar-refractivity contribution is 0.152. The third-order valence-corrected chi connectivity index (χ3v) is 4.14. The average Bonchev–Trinajstić information content (AvgIpc) is 3.21. The molecule has 0 bridgehead atoms. The minimum Gasteiger partial charge on any atom is -0.497 e. The Hall–Kier alpha value is -1.88. The second-order valence-corrected chi connectivity index (χ2v) is 6.17. The van der Waals surface area contributed by atoms with Gasteiger partial charge in [-0.1, -0.05) is 11.6 Å². The molecule has 29 heavy (non-hydrogen) atoms. The Morgan fingerprint density at radius 2 is 1.86 bits per heavy atom. The van der Waals surface area contributed by atoms with E-state index in [1.807, 2.05) is 31.2 Å². The van der Waals surface area contributed by atoms with E-state index in [-0.39, 0.29) is 24.0 Å². The second-order valence-electron chi connectivity index (χ2n) is 6.17. The molecule has 8 nitrogen and oxygen atoms in total. The molecule has 0 aliphatic heterocycles. The lowest BCUT2D eigenvalue weighted by Gasteiger charge is -2.11. The van der Waals surface area contributed by atoms with Crippen LogP contribution in [0.3, 0.4) is 0 Å². The van der Waals surface area contributed by atoms with Crippen molar-refractivity contribution < 1.29 is 14.0 Å². The van der Waals surface area contributed by atoms with Crippen LogP contribution in [0.25, 0.3) is 11.4 Å². The molecule has 0 radical (unpaired) electrons. The topological polar surface area (TPSA) is 93.8 Å². The highest BCUT2D eigenvalue weighted by molar-refractivity contribution is 14.0. The Labute approximate surface area is 189 Å². The number of nitrogens with one attached hydrogen (secondary N) is 2. The minimum absolute atomic E-state index is 0. The van der Waals surface area contributed by atoms with Gasteiger partial charge in [-0.2, -0.15) is 4.98 Å². The van der Waals surface area contributed by atoms with Gasteiger partial charge in [0, 0.05) is 38.7 Å². The summed E-state index contributed by atoms with van der Waals surface area (Å²) in [5, 5.41) is 10.6. The molecular formula is C20H32IN5O3. The van der Waals surface area contributed by atoms with Crippen molar-refractivity contribution in [2.75, 3.05) is 40.5 Å². The van der Waals surface area contributed by atoms with Gasteiger partial charge in [0.1, 0.15) is 5.75 Å². The molecule has 162 valence electrons. The zero-order valence-electron chi connectivity index (χ0n) is 17.4. The van der Waals surface area contributed by atoms with Crippen molar-refractivity contribution in [2.45, 2.75) is 32.6 Å². The van der Waals surface area contributed by atoms with Gasteiger partial charge in [0.05, 0.1) is 13.7 Å². The third-order valence-electron chi connectivity index (χ3n) is 4.14. The van der Waals surface area contributed by atoms with Crippen molar-refractivity contribution in [3.63, 3.8) is 0 Å². The maximum absolute atomic E-state index is 5.35. The molecule has 0 amide bonds. The van der Waals surface area contributed by atoms with E-state index >= 15 is 0 Å². The van der Waals surface area contributed by atoms with E-state index in [0.29, 0.717) is 18.3 Å². The minimum atomic E-state index is 0. The third kappa shape index (κ3) is 9.44. The molecule has 0 atom stereocenters. The van der Waals surface area contributed by atoms with Crippen LogP contribution in [0.5, 0.6) is 5.75 Å². The normalized spacial score (nSPS) is 11.1. The zero-order chi connectivity index (χ0) is 20.0. The Morgan fingerprint density at radius 3 is 2.55 bits per heavy atom. The molecule has 2 rings (SSSR count). The van der Waals surface area contributed by atoms with Crippen LogP contribution in [-0.2, 0) is 11.2 Å². The molecule has 2 N–H and O–H groups in total. The summed E-state index contributed by atoms with van der Waals surface area (Å²) in [4.78, 5) is 8.66. The van der Waals surface area contributed by atoms with Gasteiger partial charge in [-0.15, -0.1) is 24.0 Å². The molecular weight excluding hydrogens is 485 g/mol. The number of aryl methyl sites for hydroxylation is 1. The molecule has 0 aliphatic rings. The Balaban J connectivity index is 0.00000420. The number of aromatic nitrogens is 2. The Bertz CT molecular complexity index is 706. The van der Waals surface area contributed by atoms with Gasteiger partial charge in [0.25, 0.3) is 0 Å². The molecule has 2 aromatic rings. The number of methoxy groups -OCH3 is 1. The highest BCUT2D eigenvalue weighted by Crippen LogP contribution is 2.20. The summed E-state index contributed by atoms with van der Waals surface area (Å²) in [5.74, 6) is 2.90. The Kier molecular flexibility index (Phi) is 13.0. The predicted molar refractivity (Wildman–Crippen MR) is 125 cm³/mol. The number of halogens is 1. The highest BCUT2D eigenvalue weighted by atomic mass is 127. The van der Waals surface area contributed by atoms with Gasteiger partial charge in [-0.25, -0.2) is 0 Å². The first-order chi connectivity index (χ1) is 13.8. The van der Waals surface area contributed by atoms with E-state index in [1.54, 1.807) is 14.2 Å². The van der Waals surface area contributed by atoms with Crippen LogP contribution in [0.1, 0.15) is 32.1 Å².